The average molecular weight is 364 g/mol. The van der Waals surface area contributed by atoms with Gasteiger partial charge in [0, 0.05) is 12.6 Å². The first-order valence-electron chi connectivity index (χ1n) is 8.01. The molecule has 0 unspecified atom stereocenters. The lowest BCUT2D eigenvalue weighted by molar-refractivity contribution is -0.143. The number of esters is 1. The molecule has 134 valence electrons. The van der Waals surface area contributed by atoms with Gasteiger partial charge in [-0.1, -0.05) is 43.6 Å². The molecule has 0 aliphatic rings. The van der Waals surface area contributed by atoms with Gasteiger partial charge in [0.15, 0.2) is 0 Å². The molecule has 1 atom stereocenters. The third kappa shape index (κ3) is 4.60. The van der Waals surface area contributed by atoms with Gasteiger partial charge in [0.1, 0.15) is 11.7 Å². The molecule has 0 aliphatic carbocycles. The Kier molecular flexibility index (Phi) is 6.20. The smallest absolute Gasteiger partial charge is 0.328 e. The predicted octanol–water partition coefficient (Wildman–Crippen LogP) is 3.06. The molecule has 1 heterocycles. The van der Waals surface area contributed by atoms with Gasteiger partial charge in [-0.3, -0.25) is 9.48 Å². The molecule has 1 amide bonds. The number of carbonyl (C=O) groups excluding carboxylic acids is 2. The molecule has 25 heavy (non-hydrogen) atoms. The maximum atomic E-state index is 12.6. The fraction of sp³-hybridized carbons (Fsp3) is 0.389. The number of carbonyl (C=O) groups is 2. The summed E-state index contributed by atoms with van der Waals surface area (Å²) in [6.45, 7) is 3.95. The van der Waals surface area contributed by atoms with Gasteiger partial charge in [-0.05, 0) is 24.5 Å². The monoisotopic (exact) mass is 363 g/mol. The van der Waals surface area contributed by atoms with Crippen LogP contribution in [0.25, 0.3) is 11.3 Å². The van der Waals surface area contributed by atoms with Crippen molar-refractivity contribution in [2.75, 3.05) is 7.11 Å². The maximum Gasteiger partial charge on any atom is 0.328 e. The van der Waals surface area contributed by atoms with Crippen LogP contribution >= 0.6 is 11.6 Å². The Balaban J connectivity index is 2.25. The van der Waals surface area contributed by atoms with E-state index in [1.807, 2.05) is 32.0 Å². The van der Waals surface area contributed by atoms with Crippen molar-refractivity contribution in [1.29, 1.82) is 0 Å². The number of aromatic nitrogens is 2. The first-order valence-corrected chi connectivity index (χ1v) is 8.39. The highest BCUT2D eigenvalue weighted by molar-refractivity contribution is 6.33. The van der Waals surface area contributed by atoms with E-state index < -0.39 is 12.0 Å². The lowest BCUT2D eigenvalue weighted by Gasteiger charge is -2.18. The topological polar surface area (TPSA) is 73.2 Å². The van der Waals surface area contributed by atoms with Gasteiger partial charge in [-0.2, -0.15) is 5.10 Å². The minimum Gasteiger partial charge on any atom is -0.467 e. The van der Waals surface area contributed by atoms with Crippen LogP contribution < -0.4 is 5.32 Å². The highest BCUT2D eigenvalue weighted by Gasteiger charge is 2.25. The van der Waals surface area contributed by atoms with Crippen LogP contribution in [0.1, 0.15) is 30.8 Å². The zero-order valence-corrected chi connectivity index (χ0v) is 15.5. The summed E-state index contributed by atoms with van der Waals surface area (Å²) >= 11 is 6.19. The summed E-state index contributed by atoms with van der Waals surface area (Å²) in [5.74, 6) is -0.616. The first kappa shape index (κ1) is 19.0. The summed E-state index contributed by atoms with van der Waals surface area (Å²) in [7, 11) is 2.98. The number of halogens is 1. The van der Waals surface area contributed by atoms with Crippen LogP contribution in [0.15, 0.2) is 30.3 Å². The molecule has 1 aromatic carbocycles. The Hall–Kier alpha value is -2.34. The van der Waals surface area contributed by atoms with E-state index in [1.165, 1.54) is 11.8 Å². The Morgan fingerprint density at radius 1 is 1.32 bits per heavy atom. The summed E-state index contributed by atoms with van der Waals surface area (Å²) in [5.41, 5.74) is 1.68. The standard InChI is InChI=1S/C18H22ClN3O3/c1-11(2)9-15(18(24)25-4)20-17(23)16-10-14(21-22(16)3)12-7-5-6-8-13(12)19/h5-8,10-11,15H,9H2,1-4H3,(H,20,23)/t15-/m1/s1. The molecule has 1 aromatic heterocycles. The number of benzene rings is 1. The number of nitrogens with one attached hydrogen (secondary N) is 1. The molecule has 0 saturated carbocycles. The van der Waals surface area contributed by atoms with E-state index in [2.05, 4.69) is 10.4 Å². The number of hydrogen-bond donors (Lipinski definition) is 1. The zero-order chi connectivity index (χ0) is 18.6. The highest BCUT2D eigenvalue weighted by Crippen LogP contribution is 2.26. The zero-order valence-electron chi connectivity index (χ0n) is 14.7. The van der Waals surface area contributed by atoms with Crippen LogP contribution in [0.3, 0.4) is 0 Å². The minimum atomic E-state index is -0.698. The number of aryl methyl sites for hydroxylation is 1. The molecule has 0 spiro atoms. The Morgan fingerprint density at radius 2 is 2.00 bits per heavy atom. The van der Waals surface area contributed by atoms with E-state index in [0.29, 0.717) is 22.8 Å². The van der Waals surface area contributed by atoms with Gasteiger partial charge >= 0.3 is 5.97 Å². The van der Waals surface area contributed by atoms with Crippen LogP contribution in [-0.2, 0) is 16.6 Å². The second-order valence-corrected chi connectivity index (χ2v) is 6.60. The molecule has 7 heteroatoms. The second kappa shape index (κ2) is 8.16. The molecule has 2 rings (SSSR count). The molecule has 0 bridgehead atoms. The van der Waals surface area contributed by atoms with Gasteiger partial charge in [0.05, 0.1) is 17.8 Å². The molecule has 0 aliphatic heterocycles. The van der Waals surface area contributed by atoms with Gasteiger partial charge in [-0.25, -0.2) is 4.79 Å². The lowest BCUT2D eigenvalue weighted by atomic mass is 10.0. The molecule has 1 N–H and O–H groups in total. The van der Waals surface area contributed by atoms with Gasteiger partial charge < -0.3 is 10.1 Å². The molecular formula is C18H22ClN3O3. The summed E-state index contributed by atoms with van der Waals surface area (Å²) in [5, 5.41) is 7.63. The Bertz CT molecular complexity index is 771. The average Bonchev–Trinajstić information content (AvgIpc) is 2.95. The fourth-order valence-corrected chi connectivity index (χ4v) is 2.77. The maximum absolute atomic E-state index is 12.6. The van der Waals surface area contributed by atoms with E-state index >= 15 is 0 Å². The SMILES string of the molecule is COC(=O)[C@@H](CC(C)C)NC(=O)c1cc(-c2ccccc2Cl)nn1C. The molecule has 0 radical (unpaired) electrons. The van der Waals surface area contributed by atoms with Crippen molar-refractivity contribution >= 4 is 23.5 Å². The van der Waals surface area contributed by atoms with Crippen molar-refractivity contribution in [3.8, 4) is 11.3 Å². The van der Waals surface area contributed by atoms with Crippen molar-refractivity contribution < 1.29 is 14.3 Å². The van der Waals surface area contributed by atoms with Crippen molar-refractivity contribution in [2.45, 2.75) is 26.3 Å². The highest BCUT2D eigenvalue weighted by atomic mass is 35.5. The van der Waals surface area contributed by atoms with Crippen LogP contribution in [-0.4, -0.2) is 34.8 Å². The van der Waals surface area contributed by atoms with E-state index in [0.717, 1.165) is 5.56 Å². The molecule has 6 nitrogen and oxygen atoms in total. The lowest BCUT2D eigenvalue weighted by Crippen LogP contribution is -2.42. The largest absolute Gasteiger partial charge is 0.467 e. The summed E-state index contributed by atoms with van der Waals surface area (Å²) in [6, 6.07) is 8.24. The molecule has 0 fully saturated rings. The van der Waals surface area contributed by atoms with Crippen molar-refractivity contribution in [3.63, 3.8) is 0 Å². The number of methoxy groups -OCH3 is 1. The Labute approximate surface area is 152 Å². The Morgan fingerprint density at radius 3 is 2.60 bits per heavy atom. The van der Waals surface area contributed by atoms with E-state index in [4.69, 9.17) is 16.3 Å². The van der Waals surface area contributed by atoms with Crippen LogP contribution in [0.5, 0.6) is 0 Å². The third-order valence-electron chi connectivity index (χ3n) is 3.76. The van der Waals surface area contributed by atoms with Crippen LogP contribution in [0, 0.1) is 5.92 Å². The molecular weight excluding hydrogens is 342 g/mol. The van der Waals surface area contributed by atoms with Gasteiger partial charge in [-0.15, -0.1) is 0 Å². The quantitative estimate of drug-likeness (QED) is 0.800. The number of nitrogens with zero attached hydrogens (tertiary/aromatic N) is 2. The van der Waals surface area contributed by atoms with Crippen LogP contribution in [0.2, 0.25) is 5.02 Å². The molecule has 0 saturated heterocycles. The number of rotatable bonds is 6. The number of hydrogen-bond acceptors (Lipinski definition) is 4. The normalized spacial score (nSPS) is 12.1. The van der Waals surface area contributed by atoms with Crippen LogP contribution in [0.4, 0.5) is 0 Å². The van der Waals surface area contributed by atoms with Gasteiger partial charge in [0.2, 0.25) is 0 Å². The number of amides is 1. The van der Waals surface area contributed by atoms with E-state index in [-0.39, 0.29) is 11.8 Å². The van der Waals surface area contributed by atoms with Gasteiger partial charge in [0.25, 0.3) is 5.91 Å². The van der Waals surface area contributed by atoms with Crippen molar-refractivity contribution in [3.05, 3.63) is 41.0 Å². The number of ether oxygens (including phenoxy) is 1. The summed E-state index contributed by atoms with van der Waals surface area (Å²) in [6.07, 6.45) is 0.494. The molecule has 2 aromatic rings. The summed E-state index contributed by atoms with van der Waals surface area (Å²) < 4.78 is 6.25. The third-order valence-corrected chi connectivity index (χ3v) is 4.09. The van der Waals surface area contributed by atoms with Crippen molar-refractivity contribution in [2.24, 2.45) is 13.0 Å². The fourth-order valence-electron chi connectivity index (χ4n) is 2.54. The second-order valence-electron chi connectivity index (χ2n) is 6.20. The minimum absolute atomic E-state index is 0.231. The first-order chi connectivity index (χ1) is 11.8. The summed E-state index contributed by atoms with van der Waals surface area (Å²) in [4.78, 5) is 24.5. The van der Waals surface area contributed by atoms with E-state index in [9.17, 15) is 9.59 Å². The predicted molar refractivity (Wildman–Crippen MR) is 96.4 cm³/mol. The van der Waals surface area contributed by atoms with E-state index in [1.54, 1.807) is 19.2 Å². The van der Waals surface area contributed by atoms with Crippen molar-refractivity contribution in [1.82, 2.24) is 15.1 Å².